The molecule has 0 aliphatic carbocycles. The molecule has 1 aromatic heterocycles. The van der Waals surface area contributed by atoms with Crippen molar-refractivity contribution in [2.75, 3.05) is 26.8 Å². The first kappa shape index (κ1) is 12.0. The van der Waals surface area contributed by atoms with Crippen molar-refractivity contribution < 1.29 is 14.1 Å². The van der Waals surface area contributed by atoms with E-state index < -0.39 is 0 Å². The van der Waals surface area contributed by atoms with Crippen molar-refractivity contribution in [3.63, 3.8) is 0 Å². The quantitative estimate of drug-likeness (QED) is 0.777. The van der Waals surface area contributed by atoms with E-state index in [4.69, 9.17) is 9.26 Å². The summed E-state index contributed by atoms with van der Waals surface area (Å²) in [6.07, 6.45) is 1.94. The van der Waals surface area contributed by atoms with Crippen LogP contribution in [0.25, 0.3) is 0 Å². The van der Waals surface area contributed by atoms with E-state index in [1.807, 2.05) is 0 Å². The summed E-state index contributed by atoms with van der Waals surface area (Å²) in [5, 5.41) is 3.78. The van der Waals surface area contributed by atoms with Crippen molar-refractivity contribution in [1.82, 2.24) is 15.0 Å². The second-order valence-electron chi connectivity index (χ2n) is 4.29. The number of amides is 1. The minimum absolute atomic E-state index is 0.0217. The van der Waals surface area contributed by atoms with Gasteiger partial charge in [-0.15, -0.1) is 0 Å². The zero-order valence-electron chi connectivity index (χ0n) is 10.2. The smallest absolute Gasteiger partial charge is 0.248 e. The van der Waals surface area contributed by atoms with Crippen LogP contribution in [0.4, 0.5) is 0 Å². The number of hydrogen-bond acceptors (Lipinski definition) is 5. The summed E-state index contributed by atoms with van der Waals surface area (Å²) in [6, 6.07) is 0. The van der Waals surface area contributed by atoms with E-state index in [-0.39, 0.29) is 18.4 Å². The van der Waals surface area contributed by atoms with Gasteiger partial charge < -0.3 is 14.2 Å². The van der Waals surface area contributed by atoms with Crippen molar-refractivity contribution in [2.24, 2.45) is 0 Å². The van der Waals surface area contributed by atoms with Gasteiger partial charge in [-0.05, 0) is 19.8 Å². The average Bonchev–Trinajstić information content (AvgIpc) is 2.76. The highest BCUT2D eigenvalue weighted by atomic mass is 16.5. The maximum absolute atomic E-state index is 11.7. The number of aryl methyl sites for hydroxylation is 1. The van der Waals surface area contributed by atoms with Crippen molar-refractivity contribution >= 4 is 5.91 Å². The first-order valence-corrected chi connectivity index (χ1v) is 5.77. The third-order valence-corrected chi connectivity index (χ3v) is 2.93. The van der Waals surface area contributed by atoms with E-state index in [1.165, 1.54) is 7.11 Å². The van der Waals surface area contributed by atoms with Crippen LogP contribution in [0.5, 0.6) is 0 Å². The van der Waals surface area contributed by atoms with E-state index in [0.717, 1.165) is 19.4 Å². The molecule has 1 amide bonds. The molecule has 1 saturated heterocycles. The molecule has 6 heteroatoms. The third kappa shape index (κ3) is 2.82. The summed E-state index contributed by atoms with van der Waals surface area (Å²) in [5.41, 5.74) is 0. The summed E-state index contributed by atoms with van der Waals surface area (Å²) in [5.74, 6) is 1.46. The Balaban J connectivity index is 1.99. The molecule has 1 aromatic rings. The van der Waals surface area contributed by atoms with Crippen molar-refractivity contribution in [1.29, 1.82) is 0 Å². The summed E-state index contributed by atoms with van der Waals surface area (Å²) in [4.78, 5) is 17.7. The van der Waals surface area contributed by atoms with E-state index in [9.17, 15) is 4.79 Å². The molecule has 0 spiro atoms. The predicted octanol–water partition coefficient (Wildman–Crippen LogP) is 0.730. The van der Waals surface area contributed by atoms with E-state index >= 15 is 0 Å². The van der Waals surface area contributed by atoms with Gasteiger partial charge in [-0.2, -0.15) is 4.98 Å². The zero-order chi connectivity index (χ0) is 12.3. The van der Waals surface area contributed by atoms with Crippen molar-refractivity contribution in [3.05, 3.63) is 11.7 Å². The molecule has 0 radical (unpaired) electrons. The van der Waals surface area contributed by atoms with Crippen LogP contribution >= 0.6 is 0 Å². The van der Waals surface area contributed by atoms with E-state index in [0.29, 0.717) is 18.3 Å². The Kier molecular flexibility index (Phi) is 3.73. The standard InChI is InChI=1S/C11H17N3O3/c1-8-12-11(17-13-8)9-4-3-5-14(6-9)10(15)7-16-2/h9H,3-7H2,1-2H3/t9-/m1/s1. The lowest BCUT2D eigenvalue weighted by Gasteiger charge is -2.30. The van der Waals surface area contributed by atoms with E-state index in [1.54, 1.807) is 11.8 Å². The molecular weight excluding hydrogens is 222 g/mol. The van der Waals surface area contributed by atoms with Gasteiger partial charge in [0.05, 0.1) is 5.92 Å². The lowest BCUT2D eigenvalue weighted by molar-refractivity contribution is -0.136. The zero-order valence-corrected chi connectivity index (χ0v) is 10.2. The molecule has 94 valence electrons. The minimum atomic E-state index is 0.0217. The topological polar surface area (TPSA) is 68.5 Å². The Bertz CT molecular complexity index is 391. The largest absolute Gasteiger partial charge is 0.375 e. The van der Waals surface area contributed by atoms with Gasteiger partial charge in [-0.25, -0.2) is 0 Å². The van der Waals surface area contributed by atoms with Gasteiger partial charge in [-0.1, -0.05) is 5.16 Å². The van der Waals surface area contributed by atoms with Gasteiger partial charge in [0.2, 0.25) is 11.8 Å². The van der Waals surface area contributed by atoms with Gasteiger partial charge >= 0.3 is 0 Å². The maximum Gasteiger partial charge on any atom is 0.248 e. The Labute approximate surface area is 99.9 Å². The summed E-state index contributed by atoms with van der Waals surface area (Å²) in [7, 11) is 1.53. The summed E-state index contributed by atoms with van der Waals surface area (Å²) in [6.45, 7) is 3.36. The molecule has 0 N–H and O–H groups in total. The van der Waals surface area contributed by atoms with Gasteiger partial charge in [0.1, 0.15) is 6.61 Å². The number of likely N-dealkylation sites (tertiary alicyclic amines) is 1. The van der Waals surface area contributed by atoms with Gasteiger partial charge in [-0.3, -0.25) is 4.79 Å². The number of carbonyl (C=O) groups excluding carboxylic acids is 1. The number of nitrogens with zero attached hydrogens (tertiary/aromatic N) is 3. The number of methoxy groups -OCH3 is 1. The number of carbonyl (C=O) groups is 1. The molecule has 1 aliphatic heterocycles. The van der Waals surface area contributed by atoms with Crippen LogP contribution in [0.1, 0.15) is 30.5 Å². The molecule has 0 saturated carbocycles. The van der Waals surface area contributed by atoms with E-state index in [2.05, 4.69) is 10.1 Å². The number of hydrogen-bond donors (Lipinski definition) is 0. The predicted molar refractivity (Wildman–Crippen MR) is 59.5 cm³/mol. The molecule has 0 bridgehead atoms. The monoisotopic (exact) mass is 239 g/mol. The first-order chi connectivity index (χ1) is 8.20. The van der Waals surface area contributed by atoms with Gasteiger partial charge in [0, 0.05) is 20.2 Å². The highest BCUT2D eigenvalue weighted by molar-refractivity contribution is 5.77. The second-order valence-corrected chi connectivity index (χ2v) is 4.29. The minimum Gasteiger partial charge on any atom is -0.375 e. The molecule has 6 nitrogen and oxygen atoms in total. The molecule has 0 aromatic carbocycles. The SMILES string of the molecule is COCC(=O)N1CCC[C@@H](c2nc(C)no2)C1. The molecule has 1 fully saturated rings. The highest BCUT2D eigenvalue weighted by Crippen LogP contribution is 2.25. The van der Waals surface area contributed by atoms with Crippen LogP contribution in [0, 0.1) is 6.92 Å². The number of ether oxygens (including phenoxy) is 1. The van der Waals surface area contributed by atoms with Crippen LogP contribution in [-0.2, 0) is 9.53 Å². The van der Waals surface area contributed by atoms with Crippen LogP contribution < -0.4 is 0 Å². The molecule has 1 atom stereocenters. The maximum atomic E-state index is 11.7. The highest BCUT2D eigenvalue weighted by Gasteiger charge is 2.27. The van der Waals surface area contributed by atoms with Crippen molar-refractivity contribution in [3.8, 4) is 0 Å². The fourth-order valence-corrected chi connectivity index (χ4v) is 2.10. The van der Waals surface area contributed by atoms with Gasteiger partial charge in [0.15, 0.2) is 5.82 Å². The summed E-state index contributed by atoms with van der Waals surface area (Å²) < 4.78 is 10.0. The first-order valence-electron chi connectivity index (χ1n) is 5.77. The lowest BCUT2D eigenvalue weighted by atomic mass is 9.98. The van der Waals surface area contributed by atoms with Crippen molar-refractivity contribution in [2.45, 2.75) is 25.7 Å². The lowest BCUT2D eigenvalue weighted by Crippen LogP contribution is -2.40. The molecule has 2 rings (SSSR count). The molecule has 17 heavy (non-hydrogen) atoms. The third-order valence-electron chi connectivity index (χ3n) is 2.93. The van der Waals surface area contributed by atoms with Crippen LogP contribution in [-0.4, -0.2) is 47.8 Å². The number of rotatable bonds is 3. The average molecular weight is 239 g/mol. The fraction of sp³-hybridized carbons (Fsp3) is 0.727. The Morgan fingerprint density at radius 2 is 2.47 bits per heavy atom. The molecule has 2 heterocycles. The van der Waals surface area contributed by atoms with Crippen LogP contribution in [0.3, 0.4) is 0 Å². The molecule has 1 aliphatic rings. The molecular formula is C11H17N3O3. The number of piperidine rings is 1. The Hall–Kier alpha value is -1.43. The fourth-order valence-electron chi connectivity index (χ4n) is 2.10. The normalized spacial score (nSPS) is 20.6. The van der Waals surface area contributed by atoms with Crippen LogP contribution in [0.2, 0.25) is 0 Å². The second kappa shape index (κ2) is 5.27. The Morgan fingerprint density at radius 1 is 1.65 bits per heavy atom. The van der Waals surface area contributed by atoms with Gasteiger partial charge in [0.25, 0.3) is 0 Å². The Morgan fingerprint density at radius 3 is 3.12 bits per heavy atom. The number of aromatic nitrogens is 2. The van der Waals surface area contributed by atoms with Crippen LogP contribution in [0.15, 0.2) is 4.52 Å². The molecule has 0 unspecified atom stereocenters. The summed E-state index contributed by atoms with van der Waals surface area (Å²) >= 11 is 0.